The van der Waals surface area contributed by atoms with E-state index in [2.05, 4.69) is 13.8 Å². The van der Waals surface area contributed by atoms with Gasteiger partial charge in [-0.1, -0.05) is 13.8 Å². The van der Waals surface area contributed by atoms with Crippen molar-refractivity contribution in [3.8, 4) is 0 Å². The Balaban J connectivity index is 2.46. The molecular formula is C10H18O3. The van der Waals surface area contributed by atoms with Crippen LogP contribution in [0.2, 0.25) is 0 Å². The van der Waals surface area contributed by atoms with Crippen molar-refractivity contribution in [2.75, 3.05) is 20.3 Å². The molecule has 0 radical (unpaired) electrons. The van der Waals surface area contributed by atoms with Gasteiger partial charge in [-0.05, 0) is 12.3 Å². The summed E-state index contributed by atoms with van der Waals surface area (Å²) in [5.74, 6) is 0.263. The monoisotopic (exact) mass is 186 g/mol. The van der Waals surface area contributed by atoms with Crippen LogP contribution in [-0.4, -0.2) is 26.3 Å². The normalized spacial score (nSPS) is 29.8. The molecule has 0 spiro atoms. The Hall–Kier alpha value is -0.570. The average molecular weight is 186 g/mol. The van der Waals surface area contributed by atoms with Crippen LogP contribution in [-0.2, 0) is 14.3 Å². The van der Waals surface area contributed by atoms with Gasteiger partial charge < -0.3 is 9.47 Å². The molecule has 0 aliphatic heterocycles. The second kappa shape index (κ2) is 3.66. The van der Waals surface area contributed by atoms with E-state index in [9.17, 15) is 4.79 Å². The van der Waals surface area contributed by atoms with Crippen molar-refractivity contribution in [2.24, 2.45) is 17.3 Å². The summed E-state index contributed by atoms with van der Waals surface area (Å²) in [4.78, 5) is 11.3. The predicted molar refractivity (Wildman–Crippen MR) is 49.3 cm³/mol. The summed E-state index contributed by atoms with van der Waals surface area (Å²) in [6.07, 6.45) is 0. The fourth-order valence-corrected chi connectivity index (χ4v) is 1.89. The van der Waals surface area contributed by atoms with Crippen molar-refractivity contribution in [1.29, 1.82) is 0 Å². The molecule has 2 unspecified atom stereocenters. The summed E-state index contributed by atoms with van der Waals surface area (Å²) in [7, 11) is 1.44. The van der Waals surface area contributed by atoms with E-state index in [1.54, 1.807) is 0 Å². The van der Waals surface area contributed by atoms with E-state index in [1.807, 2.05) is 6.92 Å². The molecule has 0 aromatic rings. The molecule has 1 aliphatic carbocycles. The number of ether oxygens (including phenoxy) is 2. The molecule has 13 heavy (non-hydrogen) atoms. The molecule has 76 valence electrons. The second-order valence-corrected chi connectivity index (χ2v) is 4.09. The fraction of sp³-hybridized carbons (Fsp3) is 0.900. The highest BCUT2D eigenvalue weighted by molar-refractivity contribution is 5.77. The van der Waals surface area contributed by atoms with Crippen LogP contribution in [0.4, 0.5) is 0 Å². The van der Waals surface area contributed by atoms with Crippen molar-refractivity contribution in [1.82, 2.24) is 0 Å². The maximum absolute atomic E-state index is 11.3. The molecule has 0 bridgehead atoms. The lowest BCUT2D eigenvalue weighted by molar-refractivity contribution is -0.143. The maximum Gasteiger partial charge on any atom is 0.309 e. The van der Waals surface area contributed by atoms with E-state index in [4.69, 9.17) is 9.47 Å². The molecule has 1 rings (SSSR count). The maximum atomic E-state index is 11.3. The van der Waals surface area contributed by atoms with Gasteiger partial charge in [-0.25, -0.2) is 0 Å². The molecule has 1 saturated carbocycles. The molecule has 0 saturated heterocycles. The van der Waals surface area contributed by atoms with Crippen LogP contribution >= 0.6 is 0 Å². The first kappa shape index (κ1) is 10.5. The third-order valence-electron chi connectivity index (χ3n) is 3.01. The number of hydrogen-bond acceptors (Lipinski definition) is 3. The summed E-state index contributed by atoms with van der Waals surface area (Å²) in [6, 6.07) is 0. The van der Waals surface area contributed by atoms with Crippen molar-refractivity contribution < 1.29 is 14.3 Å². The van der Waals surface area contributed by atoms with Crippen molar-refractivity contribution in [3.63, 3.8) is 0 Å². The van der Waals surface area contributed by atoms with E-state index in [-0.39, 0.29) is 17.3 Å². The largest absolute Gasteiger partial charge is 0.469 e. The summed E-state index contributed by atoms with van der Waals surface area (Å²) in [5.41, 5.74) is 0.0578. The van der Waals surface area contributed by atoms with Crippen LogP contribution in [0.25, 0.3) is 0 Å². The molecule has 1 aliphatic rings. The molecule has 3 nitrogen and oxygen atoms in total. The minimum Gasteiger partial charge on any atom is -0.469 e. The number of methoxy groups -OCH3 is 1. The standard InChI is InChI=1S/C10H18O3/c1-5-13-6-7-8(9(11)12-4)10(7,2)3/h7-8H,5-6H2,1-4H3. The number of hydrogen-bond donors (Lipinski definition) is 0. The highest BCUT2D eigenvalue weighted by atomic mass is 16.5. The van der Waals surface area contributed by atoms with Gasteiger partial charge in [-0.3, -0.25) is 4.79 Å². The Bertz CT molecular complexity index is 198. The van der Waals surface area contributed by atoms with Gasteiger partial charge in [0.1, 0.15) is 0 Å². The van der Waals surface area contributed by atoms with Crippen LogP contribution in [0.1, 0.15) is 20.8 Å². The number of carbonyl (C=O) groups is 1. The lowest BCUT2D eigenvalue weighted by Crippen LogP contribution is -2.08. The van der Waals surface area contributed by atoms with Crippen LogP contribution in [0.15, 0.2) is 0 Å². The van der Waals surface area contributed by atoms with Crippen LogP contribution in [0, 0.1) is 17.3 Å². The molecule has 1 fully saturated rings. The molecular weight excluding hydrogens is 168 g/mol. The number of carbonyl (C=O) groups excluding carboxylic acids is 1. The summed E-state index contributed by atoms with van der Waals surface area (Å²) in [5, 5.41) is 0. The van der Waals surface area contributed by atoms with Gasteiger partial charge in [0.05, 0.1) is 19.6 Å². The second-order valence-electron chi connectivity index (χ2n) is 4.09. The lowest BCUT2D eigenvalue weighted by atomic mass is 10.1. The Morgan fingerprint density at radius 3 is 2.54 bits per heavy atom. The SMILES string of the molecule is CCOCC1C(C(=O)OC)C1(C)C. The Labute approximate surface area is 79.4 Å². The van der Waals surface area contributed by atoms with Crippen LogP contribution < -0.4 is 0 Å². The van der Waals surface area contributed by atoms with Gasteiger partial charge in [-0.15, -0.1) is 0 Å². The van der Waals surface area contributed by atoms with E-state index in [0.717, 1.165) is 0 Å². The Morgan fingerprint density at radius 2 is 2.08 bits per heavy atom. The summed E-state index contributed by atoms with van der Waals surface area (Å²) < 4.78 is 10.0. The lowest BCUT2D eigenvalue weighted by Gasteiger charge is -2.01. The van der Waals surface area contributed by atoms with Crippen molar-refractivity contribution in [3.05, 3.63) is 0 Å². The molecule has 0 N–H and O–H groups in total. The third kappa shape index (κ3) is 1.85. The first-order valence-corrected chi connectivity index (χ1v) is 4.71. The van der Waals surface area contributed by atoms with Gasteiger partial charge in [0.25, 0.3) is 0 Å². The predicted octanol–water partition coefficient (Wildman–Crippen LogP) is 1.47. The molecule has 0 aromatic heterocycles. The van der Waals surface area contributed by atoms with E-state index >= 15 is 0 Å². The van der Waals surface area contributed by atoms with Crippen LogP contribution in [0.3, 0.4) is 0 Å². The zero-order valence-electron chi connectivity index (χ0n) is 8.79. The first-order valence-electron chi connectivity index (χ1n) is 4.71. The third-order valence-corrected chi connectivity index (χ3v) is 3.01. The molecule has 0 heterocycles. The molecule has 3 heteroatoms. The van der Waals surface area contributed by atoms with Gasteiger partial charge in [0.15, 0.2) is 0 Å². The minimum atomic E-state index is -0.102. The number of rotatable bonds is 4. The quantitative estimate of drug-likeness (QED) is 0.624. The average Bonchev–Trinajstić information content (AvgIpc) is 2.63. The summed E-state index contributed by atoms with van der Waals surface area (Å²) >= 11 is 0. The molecule has 0 amide bonds. The van der Waals surface area contributed by atoms with Gasteiger partial charge >= 0.3 is 5.97 Å². The van der Waals surface area contributed by atoms with Gasteiger partial charge in [0.2, 0.25) is 0 Å². The van der Waals surface area contributed by atoms with Crippen molar-refractivity contribution in [2.45, 2.75) is 20.8 Å². The topological polar surface area (TPSA) is 35.5 Å². The smallest absolute Gasteiger partial charge is 0.309 e. The minimum absolute atomic E-state index is 0.0315. The van der Waals surface area contributed by atoms with Crippen molar-refractivity contribution >= 4 is 5.97 Å². The zero-order valence-corrected chi connectivity index (χ0v) is 8.79. The molecule has 2 atom stereocenters. The Morgan fingerprint density at radius 1 is 1.46 bits per heavy atom. The zero-order chi connectivity index (χ0) is 10.1. The summed E-state index contributed by atoms with van der Waals surface area (Å²) in [6.45, 7) is 7.50. The van der Waals surface area contributed by atoms with Crippen LogP contribution in [0.5, 0.6) is 0 Å². The van der Waals surface area contributed by atoms with Gasteiger partial charge in [0, 0.05) is 12.5 Å². The van der Waals surface area contributed by atoms with E-state index < -0.39 is 0 Å². The highest BCUT2D eigenvalue weighted by Crippen LogP contribution is 2.58. The van der Waals surface area contributed by atoms with Gasteiger partial charge in [-0.2, -0.15) is 0 Å². The van der Waals surface area contributed by atoms with E-state index in [1.165, 1.54) is 7.11 Å². The number of esters is 1. The highest BCUT2D eigenvalue weighted by Gasteiger charge is 2.62. The Kier molecular flexibility index (Phi) is 2.96. The fourth-order valence-electron chi connectivity index (χ4n) is 1.89. The molecule has 0 aromatic carbocycles. The van der Waals surface area contributed by atoms with E-state index in [0.29, 0.717) is 19.1 Å². The first-order chi connectivity index (χ1) is 6.05.